The van der Waals surface area contributed by atoms with E-state index in [1.807, 2.05) is 30.3 Å². The zero-order valence-corrected chi connectivity index (χ0v) is 11.9. The Labute approximate surface area is 123 Å². The SMILES string of the molecule is O=c1[nH]c2ccccc2cc1CNCC1(O)CCOCC1. The first-order chi connectivity index (χ1) is 10.2. The van der Waals surface area contributed by atoms with Crippen molar-refractivity contribution < 1.29 is 9.84 Å². The summed E-state index contributed by atoms with van der Waals surface area (Å²) in [5, 5.41) is 14.6. The highest BCUT2D eigenvalue weighted by atomic mass is 16.5. The van der Waals surface area contributed by atoms with Gasteiger partial charge in [0.15, 0.2) is 0 Å². The van der Waals surface area contributed by atoms with E-state index in [1.165, 1.54) is 0 Å². The number of pyridine rings is 1. The summed E-state index contributed by atoms with van der Waals surface area (Å²) in [6.45, 7) is 2.11. The van der Waals surface area contributed by atoms with Gasteiger partial charge in [0, 0.05) is 50.2 Å². The number of hydrogen-bond acceptors (Lipinski definition) is 4. The molecule has 3 rings (SSSR count). The van der Waals surface area contributed by atoms with E-state index in [0.717, 1.165) is 10.9 Å². The number of para-hydroxylation sites is 1. The average molecular weight is 288 g/mol. The minimum Gasteiger partial charge on any atom is -0.388 e. The second-order valence-electron chi connectivity index (χ2n) is 5.65. The highest BCUT2D eigenvalue weighted by Crippen LogP contribution is 2.19. The monoisotopic (exact) mass is 288 g/mol. The first kappa shape index (κ1) is 14.3. The quantitative estimate of drug-likeness (QED) is 0.789. The maximum atomic E-state index is 12.0. The van der Waals surface area contributed by atoms with Crippen LogP contribution in [0.25, 0.3) is 10.9 Å². The molecule has 21 heavy (non-hydrogen) atoms. The molecule has 0 atom stereocenters. The first-order valence-corrected chi connectivity index (χ1v) is 7.28. The van der Waals surface area contributed by atoms with Crippen LogP contribution in [0.2, 0.25) is 0 Å². The highest BCUT2D eigenvalue weighted by Gasteiger charge is 2.29. The second kappa shape index (κ2) is 5.97. The Bertz CT molecular complexity index is 675. The topological polar surface area (TPSA) is 74.4 Å². The van der Waals surface area contributed by atoms with Crippen LogP contribution >= 0.6 is 0 Å². The maximum absolute atomic E-state index is 12.0. The van der Waals surface area contributed by atoms with Crippen LogP contribution in [0.3, 0.4) is 0 Å². The summed E-state index contributed by atoms with van der Waals surface area (Å²) < 4.78 is 5.25. The van der Waals surface area contributed by atoms with E-state index in [2.05, 4.69) is 10.3 Å². The largest absolute Gasteiger partial charge is 0.388 e. The van der Waals surface area contributed by atoms with Gasteiger partial charge in [-0.1, -0.05) is 18.2 Å². The van der Waals surface area contributed by atoms with Crippen molar-refractivity contribution in [2.24, 2.45) is 0 Å². The van der Waals surface area contributed by atoms with Gasteiger partial charge in [-0.05, 0) is 17.5 Å². The van der Waals surface area contributed by atoms with Crippen LogP contribution in [0, 0.1) is 0 Å². The number of benzene rings is 1. The van der Waals surface area contributed by atoms with Crippen LogP contribution in [0.4, 0.5) is 0 Å². The fourth-order valence-electron chi connectivity index (χ4n) is 2.68. The lowest BCUT2D eigenvalue weighted by atomic mass is 9.94. The molecule has 0 radical (unpaired) electrons. The summed E-state index contributed by atoms with van der Waals surface area (Å²) in [5.74, 6) is 0. The summed E-state index contributed by atoms with van der Waals surface area (Å²) in [6.07, 6.45) is 1.27. The van der Waals surface area contributed by atoms with Crippen LogP contribution in [-0.2, 0) is 11.3 Å². The summed E-state index contributed by atoms with van der Waals surface area (Å²) in [4.78, 5) is 14.9. The van der Waals surface area contributed by atoms with Crippen molar-refractivity contribution in [2.45, 2.75) is 25.0 Å². The Morgan fingerprint density at radius 3 is 2.86 bits per heavy atom. The zero-order valence-electron chi connectivity index (χ0n) is 11.9. The first-order valence-electron chi connectivity index (χ1n) is 7.28. The molecule has 1 aromatic carbocycles. The van der Waals surface area contributed by atoms with E-state index in [1.54, 1.807) is 0 Å². The molecular formula is C16H20N2O3. The van der Waals surface area contributed by atoms with E-state index in [4.69, 9.17) is 4.74 Å². The number of nitrogens with one attached hydrogen (secondary N) is 2. The van der Waals surface area contributed by atoms with Crippen LogP contribution in [0.1, 0.15) is 18.4 Å². The standard InChI is InChI=1S/C16H20N2O3/c19-15-13(9-12-3-1-2-4-14(12)18-15)10-17-11-16(20)5-7-21-8-6-16/h1-4,9,17,20H,5-8,10-11H2,(H,18,19). The Kier molecular flexibility index (Phi) is 4.05. The number of aromatic nitrogens is 1. The Balaban J connectivity index is 1.67. The van der Waals surface area contributed by atoms with E-state index in [9.17, 15) is 9.90 Å². The number of H-pyrrole nitrogens is 1. The molecule has 1 saturated heterocycles. The Hall–Kier alpha value is -1.69. The summed E-state index contributed by atoms with van der Waals surface area (Å²) in [5.41, 5.74) is 0.723. The molecule has 1 aliphatic heterocycles. The van der Waals surface area contributed by atoms with Gasteiger partial charge in [-0.15, -0.1) is 0 Å². The predicted molar refractivity (Wildman–Crippen MR) is 81.3 cm³/mol. The van der Waals surface area contributed by atoms with Crippen molar-refractivity contribution in [3.8, 4) is 0 Å². The number of ether oxygens (including phenoxy) is 1. The van der Waals surface area contributed by atoms with Crippen molar-refractivity contribution in [3.63, 3.8) is 0 Å². The number of fused-ring (bicyclic) bond motifs is 1. The molecule has 0 spiro atoms. The number of rotatable bonds is 4. The van der Waals surface area contributed by atoms with Gasteiger partial charge in [0.2, 0.25) is 0 Å². The molecule has 5 nitrogen and oxygen atoms in total. The maximum Gasteiger partial charge on any atom is 0.252 e. The van der Waals surface area contributed by atoms with Gasteiger partial charge < -0.3 is 20.1 Å². The van der Waals surface area contributed by atoms with Crippen molar-refractivity contribution in [1.29, 1.82) is 0 Å². The molecule has 5 heteroatoms. The van der Waals surface area contributed by atoms with Gasteiger partial charge in [0.25, 0.3) is 5.56 Å². The van der Waals surface area contributed by atoms with Crippen molar-refractivity contribution in [2.75, 3.05) is 19.8 Å². The molecule has 1 aromatic heterocycles. The fraction of sp³-hybridized carbons (Fsp3) is 0.438. The minimum absolute atomic E-state index is 0.0832. The number of hydrogen-bond donors (Lipinski definition) is 3. The lowest BCUT2D eigenvalue weighted by Gasteiger charge is -2.32. The van der Waals surface area contributed by atoms with Gasteiger partial charge in [-0.2, -0.15) is 0 Å². The van der Waals surface area contributed by atoms with Gasteiger partial charge >= 0.3 is 0 Å². The lowest BCUT2D eigenvalue weighted by molar-refractivity contribution is -0.0617. The van der Waals surface area contributed by atoms with Crippen LogP contribution in [0.15, 0.2) is 35.1 Å². The van der Waals surface area contributed by atoms with Crippen LogP contribution in [0.5, 0.6) is 0 Å². The summed E-state index contributed by atoms with van der Waals surface area (Å²) >= 11 is 0. The lowest BCUT2D eigenvalue weighted by Crippen LogP contribution is -2.45. The molecule has 2 aromatic rings. The molecule has 1 aliphatic rings. The normalized spacial score (nSPS) is 18.0. The molecule has 1 fully saturated rings. The van der Waals surface area contributed by atoms with Crippen molar-refractivity contribution in [1.82, 2.24) is 10.3 Å². The molecule has 0 aliphatic carbocycles. The van der Waals surface area contributed by atoms with E-state index >= 15 is 0 Å². The molecular weight excluding hydrogens is 268 g/mol. The van der Waals surface area contributed by atoms with Gasteiger partial charge in [0.1, 0.15) is 0 Å². The minimum atomic E-state index is -0.720. The van der Waals surface area contributed by atoms with E-state index < -0.39 is 5.60 Å². The average Bonchev–Trinajstić information content (AvgIpc) is 2.48. The third-order valence-corrected chi connectivity index (χ3v) is 4.02. The third-order valence-electron chi connectivity index (χ3n) is 4.02. The summed E-state index contributed by atoms with van der Waals surface area (Å²) in [6, 6.07) is 9.61. The van der Waals surface area contributed by atoms with E-state index in [-0.39, 0.29) is 5.56 Å². The zero-order chi connectivity index (χ0) is 14.7. The highest BCUT2D eigenvalue weighted by molar-refractivity contribution is 5.78. The second-order valence-corrected chi connectivity index (χ2v) is 5.65. The van der Waals surface area contributed by atoms with Crippen molar-refractivity contribution in [3.05, 3.63) is 46.2 Å². The van der Waals surface area contributed by atoms with Gasteiger partial charge in [-0.3, -0.25) is 4.79 Å². The molecule has 0 bridgehead atoms. The fourth-order valence-corrected chi connectivity index (χ4v) is 2.68. The molecule has 2 heterocycles. The predicted octanol–water partition coefficient (Wildman–Crippen LogP) is 1.16. The van der Waals surface area contributed by atoms with Crippen LogP contribution < -0.4 is 10.9 Å². The van der Waals surface area contributed by atoms with Crippen molar-refractivity contribution >= 4 is 10.9 Å². The summed E-state index contributed by atoms with van der Waals surface area (Å²) in [7, 11) is 0. The Morgan fingerprint density at radius 2 is 2.05 bits per heavy atom. The van der Waals surface area contributed by atoms with Crippen LogP contribution in [-0.4, -0.2) is 35.5 Å². The van der Waals surface area contributed by atoms with Gasteiger partial charge in [0.05, 0.1) is 5.60 Å². The number of aliphatic hydroxyl groups is 1. The molecule has 0 unspecified atom stereocenters. The number of aromatic amines is 1. The Morgan fingerprint density at radius 1 is 1.29 bits per heavy atom. The van der Waals surface area contributed by atoms with Gasteiger partial charge in [-0.25, -0.2) is 0 Å². The third kappa shape index (κ3) is 3.32. The smallest absolute Gasteiger partial charge is 0.252 e. The van der Waals surface area contributed by atoms with E-state index in [0.29, 0.717) is 44.7 Å². The molecule has 112 valence electrons. The molecule has 3 N–H and O–H groups in total. The molecule has 0 amide bonds. The molecule has 0 saturated carbocycles.